The minimum atomic E-state index is -3.32. The average molecular weight is 295 g/mol. The lowest BCUT2D eigenvalue weighted by molar-refractivity contribution is 0.274. The summed E-state index contributed by atoms with van der Waals surface area (Å²) < 4.78 is 28.7. The first-order chi connectivity index (χ1) is 8.53. The highest BCUT2D eigenvalue weighted by Crippen LogP contribution is 2.18. The molecule has 1 fully saturated rings. The van der Waals surface area contributed by atoms with Crippen molar-refractivity contribution in [3.8, 4) is 0 Å². The Morgan fingerprint density at radius 3 is 2.50 bits per heavy atom. The monoisotopic (exact) mass is 295 g/mol. The molecule has 1 aliphatic heterocycles. The Morgan fingerprint density at radius 2 is 2.06 bits per heavy atom. The number of nitrogens with zero attached hydrogens (tertiary/aromatic N) is 1. The van der Waals surface area contributed by atoms with Crippen LogP contribution in [0.4, 0.5) is 0 Å². The number of hydrogen-bond donors (Lipinski definition) is 2. The van der Waals surface area contributed by atoms with Crippen molar-refractivity contribution in [3.05, 3.63) is 0 Å². The number of nitrogens with one attached hydrogen (secondary N) is 1. The van der Waals surface area contributed by atoms with Gasteiger partial charge >= 0.3 is 0 Å². The first-order valence-corrected chi connectivity index (χ1v) is 9.33. The van der Waals surface area contributed by atoms with Crippen LogP contribution in [0.3, 0.4) is 0 Å². The van der Waals surface area contributed by atoms with E-state index in [1.165, 1.54) is 0 Å². The van der Waals surface area contributed by atoms with Crippen molar-refractivity contribution in [3.63, 3.8) is 0 Å². The second-order valence-corrected chi connectivity index (χ2v) is 7.37. The lowest BCUT2D eigenvalue weighted by Gasteiger charge is -2.31. The molecule has 7 heteroatoms. The van der Waals surface area contributed by atoms with E-state index in [0.29, 0.717) is 25.6 Å². The van der Waals surface area contributed by atoms with E-state index in [9.17, 15) is 8.42 Å². The third-order valence-electron chi connectivity index (χ3n) is 3.42. The van der Waals surface area contributed by atoms with Crippen molar-refractivity contribution < 1.29 is 8.42 Å². The molecule has 1 rings (SSSR count). The maximum absolute atomic E-state index is 12.2. The number of rotatable bonds is 7. The van der Waals surface area contributed by atoms with E-state index in [1.807, 2.05) is 13.2 Å². The third-order valence-corrected chi connectivity index (χ3v) is 5.83. The molecule has 5 nitrogen and oxygen atoms in total. The minimum absolute atomic E-state index is 0.0252. The van der Waals surface area contributed by atoms with E-state index in [-0.39, 0.29) is 6.04 Å². The quantitative estimate of drug-likeness (QED) is 0.722. The van der Waals surface area contributed by atoms with Crippen LogP contribution in [-0.2, 0) is 10.2 Å². The second-order valence-electron chi connectivity index (χ2n) is 4.76. The predicted octanol–water partition coefficient (Wildman–Crippen LogP) is 0.633. The summed E-state index contributed by atoms with van der Waals surface area (Å²) in [5.74, 6) is 1.29. The molecule has 1 saturated heterocycles. The van der Waals surface area contributed by atoms with Crippen LogP contribution in [0.1, 0.15) is 26.2 Å². The molecule has 3 N–H and O–H groups in total. The van der Waals surface area contributed by atoms with Crippen LogP contribution >= 0.6 is 11.8 Å². The summed E-state index contributed by atoms with van der Waals surface area (Å²) in [5, 5.41) is 0. The fourth-order valence-corrected chi connectivity index (χ4v) is 4.45. The zero-order valence-corrected chi connectivity index (χ0v) is 12.9. The molecule has 0 amide bonds. The number of thioether (sulfide) groups is 1. The fraction of sp³-hybridized carbons (Fsp3) is 1.00. The van der Waals surface area contributed by atoms with Gasteiger partial charge in [-0.05, 0) is 38.0 Å². The zero-order valence-electron chi connectivity index (χ0n) is 11.3. The number of hydrogen-bond acceptors (Lipinski definition) is 4. The van der Waals surface area contributed by atoms with Crippen LogP contribution in [0, 0.1) is 5.92 Å². The smallest absolute Gasteiger partial charge is 0.279 e. The molecular formula is C11H25N3O2S2. The van der Waals surface area contributed by atoms with Crippen molar-refractivity contribution in [2.24, 2.45) is 11.7 Å². The van der Waals surface area contributed by atoms with Gasteiger partial charge in [0.15, 0.2) is 0 Å². The molecule has 1 heterocycles. The Bertz CT molecular complexity index is 327. The van der Waals surface area contributed by atoms with Gasteiger partial charge in [0, 0.05) is 24.9 Å². The fourth-order valence-electron chi connectivity index (χ4n) is 2.11. The molecule has 0 saturated carbocycles. The first-order valence-electron chi connectivity index (χ1n) is 6.49. The van der Waals surface area contributed by atoms with Crippen molar-refractivity contribution in [1.29, 1.82) is 0 Å². The highest BCUT2D eigenvalue weighted by atomic mass is 32.2. The number of nitrogens with two attached hydrogens (primary N) is 1. The first kappa shape index (κ1) is 16.2. The van der Waals surface area contributed by atoms with Gasteiger partial charge in [-0.3, -0.25) is 0 Å². The lowest BCUT2D eigenvalue weighted by atomic mass is 9.99. The van der Waals surface area contributed by atoms with Crippen LogP contribution in [-0.4, -0.2) is 50.4 Å². The van der Waals surface area contributed by atoms with Crippen molar-refractivity contribution in [2.45, 2.75) is 32.2 Å². The lowest BCUT2D eigenvalue weighted by Crippen LogP contribution is -2.49. The van der Waals surface area contributed by atoms with Crippen molar-refractivity contribution >= 4 is 22.0 Å². The Balaban J connectivity index is 2.53. The Kier molecular flexibility index (Phi) is 6.94. The van der Waals surface area contributed by atoms with Gasteiger partial charge in [0.05, 0.1) is 0 Å². The molecule has 1 atom stereocenters. The van der Waals surface area contributed by atoms with Gasteiger partial charge in [-0.15, -0.1) is 0 Å². The average Bonchev–Trinajstić information content (AvgIpc) is 2.38. The molecule has 0 bridgehead atoms. The maximum Gasteiger partial charge on any atom is 0.279 e. The molecule has 0 aromatic carbocycles. The van der Waals surface area contributed by atoms with Gasteiger partial charge in [0.25, 0.3) is 10.2 Å². The normalized spacial score (nSPS) is 21.1. The Morgan fingerprint density at radius 1 is 1.44 bits per heavy atom. The van der Waals surface area contributed by atoms with E-state index in [2.05, 4.69) is 4.72 Å². The molecule has 0 spiro atoms. The Labute approximate surface area is 115 Å². The van der Waals surface area contributed by atoms with Crippen molar-refractivity contribution in [1.82, 2.24) is 9.03 Å². The van der Waals surface area contributed by atoms with Crippen LogP contribution in [0.2, 0.25) is 0 Å². The van der Waals surface area contributed by atoms with Gasteiger partial charge < -0.3 is 5.73 Å². The highest BCUT2D eigenvalue weighted by Gasteiger charge is 2.28. The van der Waals surface area contributed by atoms with E-state index in [0.717, 1.165) is 25.0 Å². The molecule has 0 radical (unpaired) electrons. The van der Waals surface area contributed by atoms with E-state index in [4.69, 9.17) is 5.73 Å². The molecule has 1 unspecified atom stereocenters. The molecule has 0 aromatic rings. The molecule has 0 aromatic heterocycles. The molecule has 108 valence electrons. The summed E-state index contributed by atoms with van der Waals surface area (Å²) in [4.78, 5) is 0. The Hall–Kier alpha value is 0.180. The minimum Gasteiger partial charge on any atom is -0.330 e. The van der Waals surface area contributed by atoms with Crippen LogP contribution in [0.5, 0.6) is 0 Å². The summed E-state index contributed by atoms with van der Waals surface area (Å²) in [6.45, 7) is 3.84. The summed E-state index contributed by atoms with van der Waals surface area (Å²) in [7, 11) is -3.32. The van der Waals surface area contributed by atoms with Gasteiger partial charge in [-0.2, -0.15) is 29.2 Å². The molecule has 0 aliphatic carbocycles. The topological polar surface area (TPSA) is 75.4 Å². The van der Waals surface area contributed by atoms with E-state index in [1.54, 1.807) is 16.1 Å². The van der Waals surface area contributed by atoms with E-state index < -0.39 is 10.2 Å². The molecule has 1 aliphatic rings. The SMILES string of the molecule is CCC(CSC)NS(=O)(=O)N1CCC(CN)CC1. The highest BCUT2D eigenvalue weighted by molar-refractivity contribution is 7.98. The molecular weight excluding hydrogens is 270 g/mol. The summed E-state index contributed by atoms with van der Waals surface area (Å²) >= 11 is 1.66. The van der Waals surface area contributed by atoms with Crippen molar-refractivity contribution in [2.75, 3.05) is 31.6 Å². The summed E-state index contributed by atoms with van der Waals surface area (Å²) in [6, 6.07) is 0.0252. The second kappa shape index (κ2) is 7.69. The van der Waals surface area contributed by atoms with Gasteiger partial charge in [-0.1, -0.05) is 6.92 Å². The van der Waals surface area contributed by atoms with E-state index >= 15 is 0 Å². The standard InChI is InChI=1S/C11H25N3O2S2/c1-3-11(9-17-2)13-18(15,16)14-6-4-10(8-12)5-7-14/h10-11,13H,3-9,12H2,1-2H3. The molecule has 18 heavy (non-hydrogen) atoms. The number of piperidine rings is 1. The zero-order chi connectivity index (χ0) is 13.6. The van der Waals surface area contributed by atoms with Gasteiger partial charge in [0.1, 0.15) is 0 Å². The maximum atomic E-state index is 12.2. The van der Waals surface area contributed by atoms with Gasteiger partial charge in [-0.25, -0.2) is 0 Å². The third kappa shape index (κ3) is 4.70. The van der Waals surface area contributed by atoms with Crippen LogP contribution in [0.15, 0.2) is 0 Å². The summed E-state index contributed by atoms with van der Waals surface area (Å²) in [6.07, 6.45) is 4.55. The summed E-state index contributed by atoms with van der Waals surface area (Å²) in [5.41, 5.74) is 5.61. The van der Waals surface area contributed by atoms with Gasteiger partial charge in [0.2, 0.25) is 0 Å². The van der Waals surface area contributed by atoms with Crippen LogP contribution in [0.25, 0.3) is 0 Å². The largest absolute Gasteiger partial charge is 0.330 e. The predicted molar refractivity (Wildman–Crippen MR) is 77.9 cm³/mol. The van der Waals surface area contributed by atoms with Crippen LogP contribution < -0.4 is 10.5 Å².